The maximum atomic E-state index is 11.0. The summed E-state index contributed by atoms with van der Waals surface area (Å²) in [6, 6.07) is 0.212. The van der Waals surface area contributed by atoms with E-state index >= 15 is 0 Å². The summed E-state index contributed by atoms with van der Waals surface area (Å²) in [6.07, 6.45) is 3.30. The van der Waals surface area contributed by atoms with Crippen molar-refractivity contribution in [1.29, 1.82) is 0 Å². The molecular weight excluding hydrogens is 182 g/mol. The molecule has 0 radical (unpaired) electrons. The molecule has 2 heterocycles. The smallest absolute Gasteiger partial charge is 0.310 e. The quantitative estimate of drug-likeness (QED) is 0.706. The van der Waals surface area contributed by atoms with Gasteiger partial charge in [0.25, 0.3) is 0 Å². The molecule has 0 saturated carbocycles. The molecule has 2 saturated heterocycles. The molecule has 2 fully saturated rings. The molecule has 2 aliphatic heterocycles. The van der Waals surface area contributed by atoms with Gasteiger partial charge in [-0.05, 0) is 32.4 Å². The molecule has 1 N–H and O–H groups in total. The molecule has 0 aromatic heterocycles. The lowest BCUT2D eigenvalue weighted by Crippen LogP contribution is -2.47. The number of nitrogens with zero attached hydrogens (tertiary/aromatic N) is 1. The summed E-state index contributed by atoms with van der Waals surface area (Å²) >= 11 is 0. The largest absolute Gasteiger partial charge is 0.481 e. The lowest BCUT2D eigenvalue weighted by Gasteiger charge is -2.35. The second-order valence-corrected chi connectivity index (χ2v) is 4.12. The number of carboxylic acid groups (broad SMARTS) is 1. The molecule has 0 aliphatic carbocycles. The molecule has 0 spiro atoms. The Morgan fingerprint density at radius 3 is 2.71 bits per heavy atom. The van der Waals surface area contributed by atoms with Crippen molar-refractivity contribution in [2.45, 2.75) is 25.3 Å². The molecule has 14 heavy (non-hydrogen) atoms. The van der Waals surface area contributed by atoms with Gasteiger partial charge in [-0.3, -0.25) is 9.69 Å². The molecule has 0 bridgehead atoms. The predicted octanol–water partition coefficient (Wildman–Crippen LogP) is 0.572. The SMILES string of the molecule is O=C(O)C1COCCC1N1CCCC1. The van der Waals surface area contributed by atoms with Crippen LogP contribution in [0.5, 0.6) is 0 Å². The molecule has 4 heteroatoms. The maximum Gasteiger partial charge on any atom is 0.310 e. The minimum Gasteiger partial charge on any atom is -0.481 e. The topological polar surface area (TPSA) is 49.8 Å². The van der Waals surface area contributed by atoms with Crippen molar-refractivity contribution in [1.82, 2.24) is 4.90 Å². The molecular formula is C10H17NO3. The third-order valence-corrected chi connectivity index (χ3v) is 3.25. The lowest BCUT2D eigenvalue weighted by atomic mass is 9.94. The molecule has 2 unspecified atom stereocenters. The number of ether oxygens (including phenoxy) is 1. The van der Waals surface area contributed by atoms with Crippen LogP contribution < -0.4 is 0 Å². The van der Waals surface area contributed by atoms with E-state index in [0.717, 1.165) is 19.5 Å². The molecule has 2 aliphatic rings. The highest BCUT2D eigenvalue weighted by Crippen LogP contribution is 2.24. The van der Waals surface area contributed by atoms with E-state index in [1.54, 1.807) is 0 Å². The van der Waals surface area contributed by atoms with Crippen molar-refractivity contribution in [3.05, 3.63) is 0 Å². The first-order valence-electron chi connectivity index (χ1n) is 5.33. The summed E-state index contributed by atoms with van der Waals surface area (Å²) in [6.45, 7) is 3.23. The Morgan fingerprint density at radius 2 is 2.07 bits per heavy atom. The van der Waals surface area contributed by atoms with Crippen LogP contribution in [-0.4, -0.2) is 48.3 Å². The lowest BCUT2D eigenvalue weighted by molar-refractivity contribution is -0.150. The van der Waals surface area contributed by atoms with E-state index < -0.39 is 5.97 Å². The van der Waals surface area contributed by atoms with Crippen LogP contribution in [-0.2, 0) is 9.53 Å². The Labute approximate surface area is 83.8 Å². The molecule has 4 nitrogen and oxygen atoms in total. The Bertz CT molecular complexity index is 213. The maximum absolute atomic E-state index is 11.0. The second kappa shape index (κ2) is 4.28. The predicted molar refractivity (Wildman–Crippen MR) is 51.2 cm³/mol. The third kappa shape index (κ3) is 1.91. The van der Waals surface area contributed by atoms with E-state index in [9.17, 15) is 4.79 Å². The van der Waals surface area contributed by atoms with Crippen molar-refractivity contribution in [2.75, 3.05) is 26.3 Å². The van der Waals surface area contributed by atoms with Crippen molar-refractivity contribution < 1.29 is 14.6 Å². The van der Waals surface area contributed by atoms with Crippen LogP contribution in [0.2, 0.25) is 0 Å². The van der Waals surface area contributed by atoms with Crippen LogP contribution in [0.3, 0.4) is 0 Å². The standard InChI is InChI=1S/C10H17NO3/c12-10(13)8-7-14-6-3-9(8)11-4-1-2-5-11/h8-9H,1-7H2,(H,12,13). The molecule has 0 aromatic rings. The van der Waals surface area contributed by atoms with Crippen molar-refractivity contribution >= 4 is 5.97 Å². The van der Waals surface area contributed by atoms with Crippen LogP contribution in [0, 0.1) is 5.92 Å². The molecule has 0 aromatic carbocycles. The first-order valence-corrected chi connectivity index (χ1v) is 5.33. The van der Waals surface area contributed by atoms with Crippen LogP contribution in [0.15, 0.2) is 0 Å². The Balaban J connectivity index is 2.01. The summed E-state index contributed by atoms with van der Waals surface area (Å²) in [7, 11) is 0. The zero-order valence-electron chi connectivity index (χ0n) is 8.32. The summed E-state index contributed by atoms with van der Waals surface area (Å²) < 4.78 is 5.23. The zero-order chi connectivity index (χ0) is 9.97. The van der Waals surface area contributed by atoms with Crippen LogP contribution in [0.25, 0.3) is 0 Å². The van der Waals surface area contributed by atoms with Gasteiger partial charge in [-0.25, -0.2) is 0 Å². The summed E-state index contributed by atoms with van der Waals surface area (Å²) in [5.74, 6) is -1.02. The number of hydrogen-bond donors (Lipinski definition) is 1. The van der Waals surface area contributed by atoms with Gasteiger partial charge in [-0.1, -0.05) is 0 Å². The zero-order valence-corrected chi connectivity index (χ0v) is 8.32. The normalized spacial score (nSPS) is 34.6. The Kier molecular flexibility index (Phi) is 3.03. The number of carbonyl (C=O) groups is 1. The fourth-order valence-electron chi connectivity index (χ4n) is 2.47. The highest BCUT2D eigenvalue weighted by molar-refractivity contribution is 5.71. The van der Waals surface area contributed by atoms with E-state index in [1.165, 1.54) is 12.8 Å². The van der Waals surface area contributed by atoms with Gasteiger partial charge in [0, 0.05) is 12.6 Å². The van der Waals surface area contributed by atoms with Gasteiger partial charge in [-0.15, -0.1) is 0 Å². The number of carboxylic acids is 1. The summed E-state index contributed by atoms with van der Waals surface area (Å²) in [5, 5.41) is 9.06. The molecule has 2 atom stereocenters. The van der Waals surface area contributed by atoms with Gasteiger partial charge in [0.15, 0.2) is 0 Å². The second-order valence-electron chi connectivity index (χ2n) is 4.12. The van der Waals surface area contributed by atoms with Crippen molar-refractivity contribution in [3.8, 4) is 0 Å². The Hall–Kier alpha value is -0.610. The van der Waals surface area contributed by atoms with Crippen LogP contribution >= 0.6 is 0 Å². The number of aliphatic carboxylic acids is 1. The summed E-state index contributed by atoms with van der Waals surface area (Å²) in [5.41, 5.74) is 0. The van der Waals surface area contributed by atoms with Gasteiger partial charge in [0.05, 0.1) is 12.5 Å². The minimum absolute atomic E-state index is 0.212. The van der Waals surface area contributed by atoms with Crippen molar-refractivity contribution in [3.63, 3.8) is 0 Å². The third-order valence-electron chi connectivity index (χ3n) is 3.25. The highest BCUT2D eigenvalue weighted by Gasteiger charge is 2.36. The fourth-order valence-corrected chi connectivity index (χ4v) is 2.47. The number of likely N-dealkylation sites (tertiary alicyclic amines) is 1. The number of hydrogen-bond acceptors (Lipinski definition) is 3. The fraction of sp³-hybridized carbons (Fsp3) is 0.900. The van der Waals surface area contributed by atoms with Gasteiger partial charge in [0.1, 0.15) is 0 Å². The van der Waals surface area contributed by atoms with E-state index in [4.69, 9.17) is 9.84 Å². The number of rotatable bonds is 2. The van der Waals surface area contributed by atoms with Gasteiger partial charge < -0.3 is 9.84 Å². The average Bonchev–Trinajstić information content (AvgIpc) is 2.70. The van der Waals surface area contributed by atoms with Gasteiger partial charge in [0.2, 0.25) is 0 Å². The van der Waals surface area contributed by atoms with Crippen LogP contribution in [0.1, 0.15) is 19.3 Å². The van der Waals surface area contributed by atoms with E-state index in [1.807, 2.05) is 0 Å². The Morgan fingerprint density at radius 1 is 1.36 bits per heavy atom. The first-order chi connectivity index (χ1) is 6.79. The van der Waals surface area contributed by atoms with Gasteiger partial charge >= 0.3 is 5.97 Å². The van der Waals surface area contributed by atoms with Crippen molar-refractivity contribution in [2.24, 2.45) is 5.92 Å². The van der Waals surface area contributed by atoms with E-state index in [2.05, 4.69) is 4.90 Å². The average molecular weight is 199 g/mol. The molecule has 80 valence electrons. The monoisotopic (exact) mass is 199 g/mol. The molecule has 0 amide bonds. The van der Waals surface area contributed by atoms with Crippen LogP contribution in [0.4, 0.5) is 0 Å². The van der Waals surface area contributed by atoms with E-state index in [-0.39, 0.29) is 12.0 Å². The minimum atomic E-state index is -0.707. The molecule has 2 rings (SSSR count). The summed E-state index contributed by atoms with van der Waals surface area (Å²) in [4.78, 5) is 13.3. The highest BCUT2D eigenvalue weighted by atomic mass is 16.5. The first kappa shape index (κ1) is 9.93. The van der Waals surface area contributed by atoms with Gasteiger partial charge in [-0.2, -0.15) is 0 Å². The van der Waals surface area contributed by atoms with E-state index in [0.29, 0.717) is 13.2 Å².